The van der Waals surface area contributed by atoms with E-state index >= 15 is 0 Å². The second-order valence-corrected chi connectivity index (χ2v) is 4.42. The second-order valence-electron chi connectivity index (χ2n) is 4.42. The molecule has 0 aliphatic heterocycles. The van der Waals surface area contributed by atoms with Crippen molar-refractivity contribution in [3.63, 3.8) is 0 Å². The summed E-state index contributed by atoms with van der Waals surface area (Å²) in [6, 6.07) is 0. The Balaban J connectivity index is 2.33. The molecule has 0 aromatic carbocycles. The van der Waals surface area contributed by atoms with Crippen molar-refractivity contribution in [3.8, 4) is 5.95 Å². The lowest BCUT2D eigenvalue weighted by molar-refractivity contribution is 0.653. The topological polar surface area (TPSA) is 87.4 Å². The predicted octanol–water partition coefficient (Wildman–Crippen LogP) is 1.31. The van der Waals surface area contributed by atoms with Crippen molar-refractivity contribution in [3.05, 3.63) is 24.3 Å². The monoisotopic (exact) mass is 257 g/mol. The molecule has 0 radical (unpaired) electrons. The zero-order valence-corrected chi connectivity index (χ0v) is 10.9. The number of nitrogens with zero attached hydrogens (tertiary/aromatic N) is 6. The fourth-order valence-corrected chi connectivity index (χ4v) is 2.25. The highest BCUT2D eigenvalue weighted by atomic mass is 15.4. The van der Waals surface area contributed by atoms with Gasteiger partial charge in [0, 0.05) is 12.7 Å². The summed E-state index contributed by atoms with van der Waals surface area (Å²) in [6.45, 7) is 4.99. The summed E-state index contributed by atoms with van der Waals surface area (Å²) in [7, 11) is 0. The summed E-state index contributed by atoms with van der Waals surface area (Å²) >= 11 is 0. The first kappa shape index (κ1) is 11.6. The van der Waals surface area contributed by atoms with Crippen LogP contribution in [0, 0.1) is 6.92 Å². The molecule has 0 unspecified atom stereocenters. The maximum absolute atomic E-state index is 5.82. The summed E-state index contributed by atoms with van der Waals surface area (Å²) in [4.78, 5) is 12.7. The summed E-state index contributed by atoms with van der Waals surface area (Å²) in [5.74, 6) is 1.02. The lowest BCUT2D eigenvalue weighted by Crippen LogP contribution is -2.11. The number of imidazole rings is 1. The van der Waals surface area contributed by atoms with Gasteiger partial charge in [0.25, 0.3) is 0 Å². The number of hydrogen-bond donors (Lipinski definition) is 1. The predicted molar refractivity (Wildman–Crippen MR) is 71.9 cm³/mol. The smallest absolute Gasteiger partial charge is 0.235 e. The minimum atomic E-state index is 0.332. The molecule has 0 amide bonds. The van der Waals surface area contributed by atoms with Crippen molar-refractivity contribution in [2.75, 3.05) is 5.73 Å². The van der Waals surface area contributed by atoms with E-state index in [1.807, 2.05) is 13.1 Å². The van der Waals surface area contributed by atoms with Crippen LogP contribution in [0.1, 0.15) is 18.9 Å². The van der Waals surface area contributed by atoms with Crippen molar-refractivity contribution in [1.29, 1.82) is 0 Å². The number of aromatic nitrogens is 6. The minimum Gasteiger partial charge on any atom is -0.368 e. The molecule has 0 aliphatic carbocycles. The van der Waals surface area contributed by atoms with E-state index in [1.54, 1.807) is 10.9 Å². The Morgan fingerprint density at radius 3 is 2.84 bits per heavy atom. The maximum atomic E-state index is 5.82. The third-order valence-electron chi connectivity index (χ3n) is 3.02. The largest absolute Gasteiger partial charge is 0.368 e. The third kappa shape index (κ3) is 1.74. The molecular formula is C12H15N7. The summed E-state index contributed by atoms with van der Waals surface area (Å²) in [5, 5.41) is 4.13. The Morgan fingerprint density at radius 1 is 1.32 bits per heavy atom. The van der Waals surface area contributed by atoms with E-state index in [2.05, 4.69) is 31.5 Å². The molecular weight excluding hydrogens is 242 g/mol. The standard InChI is InChI=1S/C12H15N7/c1-3-4-18-10-8(2)5-14-6-9(10)17-12(18)19-11(13)15-7-16-19/h5-7H,3-4H2,1-2H3,(H2,13,15,16). The molecule has 3 aromatic rings. The van der Waals surface area contributed by atoms with Crippen LogP contribution in [0.15, 0.2) is 18.7 Å². The average molecular weight is 257 g/mol. The van der Waals surface area contributed by atoms with Gasteiger partial charge in [0.2, 0.25) is 11.9 Å². The van der Waals surface area contributed by atoms with Crippen LogP contribution in [-0.4, -0.2) is 29.3 Å². The lowest BCUT2D eigenvalue weighted by Gasteiger charge is -2.08. The first-order valence-corrected chi connectivity index (χ1v) is 6.19. The Hall–Kier alpha value is -2.44. The van der Waals surface area contributed by atoms with Crippen LogP contribution in [0.3, 0.4) is 0 Å². The van der Waals surface area contributed by atoms with Gasteiger partial charge in [0.05, 0.1) is 11.7 Å². The third-order valence-corrected chi connectivity index (χ3v) is 3.02. The highest BCUT2D eigenvalue weighted by Crippen LogP contribution is 2.22. The van der Waals surface area contributed by atoms with Gasteiger partial charge >= 0.3 is 0 Å². The first-order chi connectivity index (χ1) is 9.22. The SMILES string of the molecule is CCCn1c(-n2ncnc2N)nc2cncc(C)c21. The average Bonchev–Trinajstić information content (AvgIpc) is 2.95. The fourth-order valence-electron chi connectivity index (χ4n) is 2.25. The quantitative estimate of drug-likeness (QED) is 0.764. The van der Waals surface area contributed by atoms with E-state index in [4.69, 9.17) is 5.73 Å². The molecule has 3 aromatic heterocycles. The minimum absolute atomic E-state index is 0.332. The van der Waals surface area contributed by atoms with E-state index in [0.717, 1.165) is 29.6 Å². The van der Waals surface area contributed by atoms with Gasteiger partial charge in [-0.2, -0.15) is 14.8 Å². The molecule has 0 spiro atoms. The van der Waals surface area contributed by atoms with Crippen LogP contribution in [-0.2, 0) is 6.54 Å². The van der Waals surface area contributed by atoms with Gasteiger partial charge in [0.1, 0.15) is 11.8 Å². The number of anilines is 1. The fraction of sp³-hybridized carbons (Fsp3) is 0.333. The van der Waals surface area contributed by atoms with Gasteiger partial charge in [-0.3, -0.25) is 4.98 Å². The van der Waals surface area contributed by atoms with Crippen molar-refractivity contribution >= 4 is 17.0 Å². The van der Waals surface area contributed by atoms with E-state index in [9.17, 15) is 0 Å². The molecule has 0 atom stereocenters. The van der Waals surface area contributed by atoms with Crippen molar-refractivity contribution < 1.29 is 0 Å². The number of rotatable bonds is 3. The maximum Gasteiger partial charge on any atom is 0.235 e. The molecule has 0 fully saturated rings. The van der Waals surface area contributed by atoms with Crippen molar-refractivity contribution in [1.82, 2.24) is 29.3 Å². The van der Waals surface area contributed by atoms with Crippen molar-refractivity contribution in [2.24, 2.45) is 0 Å². The van der Waals surface area contributed by atoms with Gasteiger partial charge in [-0.25, -0.2) is 4.98 Å². The number of hydrogen-bond acceptors (Lipinski definition) is 5. The molecule has 3 heterocycles. The zero-order chi connectivity index (χ0) is 13.4. The first-order valence-electron chi connectivity index (χ1n) is 6.19. The van der Waals surface area contributed by atoms with Gasteiger partial charge in [-0.05, 0) is 18.9 Å². The van der Waals surface area contributed by atoms with E-state index < -0.39 is 0 Å². The van der Waals surface area contributed by atoms with E-state index in [1.165, 1.54) is 6.33 Å². The lowest BCUT2D eigenvalue weighted by atomic mass is 10.2. The summed E-state index contributed by atoms with van der Waals surface area (Å²) < 4.78 is 3.66. The molecule has 7 heteroatoms. The highest BCUT2D eigenvalue weighted by molar-refractivity contribution is 5.79. The van der Waals surface area contributed by atoms with Gasteiger partial charge in [-0.15, -0.1) is 0 Å². The van der Waals surface area contributed by atoms with Crippen molar-refractivity contribution in [2.45, 2.75) is 26.8 Å². The number of pyridine rings is 1. The number of nitrogen functional groups attached to an aromatic ring is 1. The molecule has 0 saturated carbocycles. The molecule has 7 nitrogen and oxygen atoms in total. The Bertz CT molecular complexity index is 725. The van der Waals surface area contributed by atoms with E-state index in [0.29, 0.717) is 11.9 Å². The molecule has 3 rings (SSSR count). The van der Waals surface area contributed by atoms with Crippen LogP contribution in [0.25, 0.3) is 17.0 Å². The number of aryl methyl sites for hydroxylation is 2. The molecule has 0 saturated heterocycles. The molecule has 2 N–H and O–H groups in total. The Labute approximate surface area is 110 Å². The highest BCUT2D eigenvalue weighted by Gasteiger charge is 2.16. The zero-order valence-electron chi connectivity index (χ0n) is 10.9. The van der Waals surface area contributed by atoms with Crippen LogP contribution in [0.5, 0.6) is 0 Å². The van der Waals surface area contributed by atoms with Crippen LogP contribution in [0.4, 0.5) is 5.95 Å². The molecule has 0 aliphatic rings. The number of fused-ring (bicyclic) bond motifs is 1. The molecule has 0 bridgehead atoms. The normalized spacial score (nSPS) is 11.3. The number of nitrogens with two attached hydrogens (primary N) is 1. The Morgan fingerprint density at radius 2 is 2.16 bits per heavy atom. The van der Waals surface area contributed by atoms with Gasteiger partial charge in [-0.1, -0.05) is 6.92 Å². The second kappa shape index (κ2) is 4.34. The molecule has 98 valence electrons. The van der Waals surface area contributed by atoms with Crippen LogP contribution in [0.2, 0.25) is 0 Å². The van der Waals surface area contributed by atoms with Gasteiger partial charge in [0.15, 0.2) is 0 Å². The van der Waals surface area contributed by atoms with Crippen LogP contribution >= 0.6 is 0 Å². The summed E-state index contributed by atoms with van der Waals surface area (Å²) in [6.07, 6.45) is 6.01. The van der Waals surface area contributed by atoms with Gasteiger partial charge < -0.3 is 10.3 Å². The Kier molecular flexibility index (Phi) is 2.66. The van der Waals surface area contributed by atoms with E-state index in [-0.39, 0.29) is 0 Å². The molecule has 19 heavy (non-hydrogen) atoms. The summed E-state index contributed by atoms with van der Waals surface area (Å²) in [5.41, 5.74) is 8.82. The van der Waals surface area contributed by atoms with Crippen LogP contribution < -0.4 is 5.73 Å².